The fraction of sp³-hybridized carbons (Fsp3) is 0.462. The third-order valence-corrected chi connectivity index (χ3v) is 3.79. The molecule has 0 saturated heterocycles. The van der Waals surface area contributed by atoms with Crippen molar-refractivity contribution in [3.05, 3.63) is 29.0 Å². The molecule has 0 aliphatic carbocycles. The predicted octanol–water partition coefficient (Wildman–Crippen LogP) is 3.38. The van der Waals surface area contributed by atoms with Crippen LogP contribution in [0.5, 0.6) is 0 Å². The Bertz CT molecular complexity index is 548. The van der Waals surface area contributed by atoms with Crippen molar-refractivity contribution in [1.82, 2.24) is 14.5 Å². The minimum Gasteiger partial charge on any atom is -0.324 e. The highest BCUT2D eigenvalue weighted by Crippen LogP contribution is 2.25. The Balaban J connectivity index is 2.52. The Labute approximate surface area is 117 Å². The fourth-order valence-corrected chi connectivity index (χ4v) is 2.39. The summed E-state index contributed by atoms with van der Waals surface area (Å²) in [6.07, 6.45) is 0. The van der Waals surface area contributed by atoms with Crippen molar-refractivity contribution in [2.24, 2.45) is 0 Å². The van der Waals surface area contributed by atoms with Gasteiger partial charge in [0.25, 0.3) is 0 Å². The minimum atomic E-state index is 0.389. The first-order valence-corrected chi connectivity index (χ1v) is 6.82. The molecule has 0 N–H and O–H groups in total. The number of benzene rings is 1. The van der Waals surface area contributed by atoms with Crippen LogP contribution in [0, 0.1) is 0 Å². The van der Waals surface area contributed by atoms with Crippen LogP contribution < -0.4 is 0 Å². The number of fused-ring (bicyclic) bond motifs is 1. The number of aromatic nitrogens is 2. The molecule has 2 rings (SSSR count). The molecule has 0 radical (unpaired) electrons. The number of alkyl halides is 1. The summed E-state index contributed by atoms with van der Waals surface area (Å²) >= 11 is 12.3. The lowest BCUT2D eigenvalue weighted by Gasteiger charge is -2.21. The van der Waals surface area contributed by atoms with Crippen LogP contribution >= 0.6 is 23.2 Å². The van der Waals surface area contributed by atoms with Crippen molar-refractivity contribution in [3.63, 3.8) is 0 Å². The zero-order valence-electron chi connectivity index (χ0n) is 10.8. The number of imidazole rings is 1. The number of nitrogens with zero attached hydrogens (tertiary/aromatic N) is 3. The fourth-order valence-electron chi connectivity index (χ4n) is 1.92. The second-order valence-electron chi connectivity index (χ2n) is 4.69. The van der Waals surface area contributed by atoms with Gasteiger partial charge in [0, 0.05) is 12.6 Å². The normalized spacial score (nSPS) is 13.4. The van der Waals surface area contributed by atoms with Crippen molar-refractivity contribution in [2.45, 2.75) is 25.4 Å². The van der Waals surface area contributed by atoms with Crippen LogP contribution in [0.15, 0.2) is 18.2 Å². The smallest absolute Gasteiger partial charge is 0.124 e. The third kappa shape index (κ3) is 2.48. The van der Waals surface area contributed by atoms with Gasteiger partial charge in [-0.3, -0.25) is 0 Å². The molecule has 0 fully saturated rings. The molecular formula is C13H17Cl2N3. The van der Waals surface area contributed by atoms with Gasteiger partial charge in [0.1, 0.15) is 5.82 Å². The van der Waals surface area contributed by atoms with E-state index in [2.05, 4.69) is 35.5 Å². The van der Waals surface area contributed by atoms with E-state index in [9.17, 15) is 0 Å². The molecule has 2 aromatic rings. The molecule has 0 spiro atoms. The summed E-state index contributed by atoms with van der Waals surface area (Å²) in [6, 6.07) is 6.16. The van der Waals surface area contributed by atoms with Gasteiger partial charge in [-0.15, -0.1) is 11.6 Å². The SMILES string of the molecule is CC(Cn1c(CCl)nc2cccc(Cl)c21)N(C)C. The molecule has 1 heterocycles. The molecule has 18 heavy (non-hydrogen) atoms. The summed E-state index contributed by atoms with van der Waals surface area (Å²) in [5.74, 6) is 1.26. The second-order valence-corrected chi connectivity index (χ2v) is 5.37. The summed E-state index contributed by atoms with van der Waals surface area (Å²) in [6.45, 7) is 3.00. The molecule has 0 aliphatic heterocycles. The average Bonchev–Trinajstić information content (AvgIpc) is 2.68. The molecule has 0 amide bonds. The zero-order valence-corrected chi connectivity index (χ0v) is 12.3. The van der Waals surface area contributed by atoms with E-state index in [0.29, 0.717) is 11.9 Å². The molecule has 0 saturated carbocycles. The topological polar surface area (TPSA) is 21.1 Å². The largest absolute Gasteiger partial charge is 0.324 e. The first-order valence-electron chi connectivity index (χ1n) is 5.90. The van der Waals surface area contributed by atoms with Crippen LogP contribution in [-0.4, -0.2) is 34.6 Å². The Morgan fingerprint density at radius 3 is 2.72 bits per heavy atom. The van der Waals surface area contributed by atoms with Crippen LogP contribution in [0.2, 0.25) is 5.02 Å². The molecule has 1 aromatic carbocycles. The van der Waals surface area contributed by atoms with Crippen molar-refractivity contribution in [1.29, 1.82) is 0 Å². The van der Waals surface area contributed by atoms with Gasteiger partial charge in [0.2, 0.25) is 0 Å². The van der Waals surface area contributed by atoms with Gasteiger partial charge in [0.05, 0.1) is 21.9 Å². The van der Waals surface area contributed by atoms with Crippen molar-refractivity contribution in [3.8, 4) is 0 Å². The van der Waals surface area contributed by atoms with Crippen LogP contribution in [0.1, 0.15) is 12.7 Å². The van der Waals surface area contributed by atoms with Gasteiger partial charge in [0.15, 0.2) is 0 Å². The molecule has 1 atom stereocenters. The van der Waals surface area contributed by atoms with Gasteiger partial charge in [-0.2, -0.15) is 0 Å². The van der Waals surface area contributed by atoms with Gasteiger partial charge >= 0.3 is 0 Å². The highest BCUT2D eigenvalue weighted by atomic mass is 35.5. The molecule has 5 heteroatoms. The monoisotopic (exact) mass is 285 g/mol. The molecule has 0 aliphatic rings. The summed E-state index contributed by atoms with van der Waals surface area (Å²) in [5.41, 5.74) is 1.88. The van der Waals surface area contributed by atoms with E-state index in [1.54, 1.807) is 0 Å². The van der Waals surface area contributed by atoms with Crippen molar-refractivity contribution < 1.29 is 0 Å². The average molecular weight is 286 g/mol. The maximum absolute atomic E-state index is 6.28. The molecular weight excluding hydrogens is 269 g/mol. The highest BCUT2D eigenvalue weighted by Gasteiger charge is 2.15. The second kappa shape index (κ2) is 5.47. The predicted molar refractivity (Wildman–Crippen MR) is 77.4 cm³/mol. The maximum atomic E-state index is 6.28. The van der Waals surface area contributed by atoms with E-state index in [4.69, 9.17) is 23.2 Å². The van der Waals surface area contributed by atoms with E-state index in [1.165, 1.54) is 0 Å². The van der Waals surface area contributed by atoms with Crippen LogP contribution in [0.4, 0.5) is 0 Å². The number of likely N-dealkylation sites (N-methyl/N-ethyl adjacent to an activating group) is 1. The molecule has 1 unspecified atom stereocenters. The summed E-state index contributed by atoms with van der Waals surface area (Å²) < 4.78 is 2.12. The summed E-state index contributed by atoms with van der Waals surface area (Å²) in [7, 11) is 4.12. The van der Waals surface area contributed by atoms with Crippen LogP contribution in [-0.2, 0) is 12.4 Å². The quantitative estimate of drug-likeness (QED) is 0.803. The lowest BCUT2D eigenvalue weighted by Crippen LogP contribution is -2.29. The summed E-state index contributed by atoms with van der Waals surface area (Å²) in [5, 5.41) is 0.724. The number of halogens is 2. The Hall–Kier alpha value is -0.770. The number of para-hydroxylation sites is 1. The molecule has 0 bridgehead atoms. The van der Waals surface area contributed by atoms with E-state index in [-0.39, 0.29) is 0 Å². The Morgan fingerprint density at radius 1 is 1.39 bits per heavy atom. The van der Waals surface area contributed by atoms with E-state index < -0.39 is 0 Å². The third-order valence-electron chi connectivity index (χ3n) is 3.24. The molecule has 3 nitrogen and oxygen atoms in total. The lowest BCUT2D eigenvalue weighted by molar-refractivity contribution is 0.284. The number of hydrogen-bond acceptors (Lipinski definition) is 2. The zero-order chi connectivity index (χ0) is 13.3. The first-order chi connectivity index (χ1) is 8.54. The van der Waals surface area contributed by atoms with Gasteiger partial charge in [-0.05, 0) is 33.2 Å². The number of rotatable bonds is 4. The lowest BCUT2D eigenvalue weighted by atomic mass is 10.2. The first kappa shape index (κ1) is 13.7. The van der Waals surface area contributed by atoms with E-state index >= 15 is 0 Å². The standard InChI is InChI=1S/C13H17Cl2N3/c1-9(17(2)3)8-18-12(7-14)16-11-6-4-5-10(15)13(11)18/h4-6,9H,7-8H2,1-3H3. The van der Waals surface area contributed by atoms with Gasteiger partial charge < -0.3 is 9.47 Å². The van der Waals surface area contributed by atoms with Crippen LogP contribution in [0.3, 0.4) is 0 Å². The Morgan fingerprint density at radius 2 is 2.11 bits per heavy atom. The van der Waals surface area contributed by atoms with Crippen LogP contribution in [0.25, 0.3) is 11.0 Å². The number of hydrogen-bond donors (Lipinski definition) is 0. The maximum Gasteiger partial charge on any atom is 0.124 e. The summed E-state index contributed by atoms with van der Waals surface area (Å²) in [4.78, 5) is 6.70. The minimum absolute atomic E-state index is 0.389. The van der Waals surface area contributed by atoms with Gasteiger partial charge in [-0.25, -0.2) is 4.98 Å². The highest BCUT2D eigenvalue weighted by molar-refractivity contribution is 6.35. The van der Waals surface area contributed by atoms with Crippen molar-refractivity contribution >= 4 is 34.2 Å². The van der Waals surface area contributed by atoms with E-state index in [1.807, 2.05) is 18.2 Å². The van der Waals surface area contributed by atoms with Crippen molar-refractivity contribution in [2.75, 3.05) is 14.1 Å². The molecule has 1 aromatic heterocycles. The Kier molecular flexibility index (Phi) is 4.15. The van der Waals surface area contributed by atoms with Gasteiger partial charge in [-0.1, -0.05) is 17.7 Å². The van der Waals surface area contributed by atoms with E-state index in [0.717, 1.165) is 28.4 Å². The molecule has 98 valence electrons.